The topological polar surface area (TPSA) is 67.6 Å². The van der Waals surface area contributed by atoms with Crippen molar-refractivity contribution in [2.45, 2.75) is 0 Å². The minimum atomic E-state index is 0.556. The number of rotatable bonds is 1. The Bertz CT molecular complexity index is 493. The molecule has 2 rings (SSSR count). The van der Waals surface area contributed by atoms with E-state index in [9.17, 15) is 0 Å². The second-order valence-electron chi connectivity index (χ2n) is 2.83. The van der Waals surface area contributed by atoms with Crippen molar-refractivity contribution in [3.63, 3.8) is 0 Å². The van der Waals surface area contributed by atoms with Crippen LogP contribution in [-0.4, -0.2) is 9.78 Å². The van der Waals surface area contributed by atoms with E-state index in [2.05, 4.69) is 11.2 Å². The van der Waals surface area contributed by atoms with E-state index in [1.165, 1.54) is 0 Å². The van der Waals surface area contributed by atoms with Crippen LogP contribution in [-0.2, 0) is 0 Å². The minimum absolute atomic E-state index is 0.556. The molecule has 2 N–H and O–H groups in total. The summed E-state index contributed by atoms with van der Waals surface area (Å²) in [6.07, 6.45) is 1.62. The van der Waals surface area contributed by atoms with Crippen LogP contribution in [0.15, 0.2) is 36.5 Å². The first-order valence-electron chi connectivity index (χ1n) is 4.11. The highest BCUT2D eigenvalue weighted by Crippen LogP contribution is 2.12. The summed E-state index contributed by atoms with van der Waals surface area (Å²) in [5.41, 5.74) is 7.07. The molecule has 0 bridgehead atoms. The van der Waals surface area contributed by atoms with Crippen molar-refractivity contribution in [1.29, 1.82) is 5.26 Å². The third kappa shape index (κ3) is 1.31. The van der Waals surface area contributed by atoms with Crippen molar-refractivity contribution in [2.75, 3.05) is 5.73 Å². The van der Waals surface area contributed by atoms with Crippen molar-refractivity contribution in [3.8, 4) is 11.8 Å². The Morgan fingerprint density at radius 2 is 2.21 bits per heavy atom. The standard InChI is InChI=1S/C10H8N4/c11-7-8-2-1-3-9(6-8)14-10(12)4-5-13-14/h1-6H,12H2. The second-order valence-corrected chi connectivity index (χ2v) is 2.83. The van der Waals surface area contributed by atoms with Gasteiger partial charge in [0.15, 0.2) is 0 Å². The van der Waals surface area contributed by atoms with Crippen molar-refractivity contribution in [2.24, 2.45) is 0 Å². The summed E-state index contributed by atoms with van der Waals surface area (Å²) in [6, 6.07) is 10.9. The summed E-state index contributed by atoms with van der Waals surface area (Å²) in [6.45, 7) is 0. The summed E-state index contributed by atoms with van der Waals surface area (Å²) in [5.74, 6) is 0.556. The minimum Gasteiger partial charge on any atom is -0.384 e. The van der Waals surface area contributed by atoms with Gasteiger partial charge in [0.25, 0.3) is 0 Å². The Kier molecular flexibility index (Phi) is 1.92. The van der Waals surface area contributed by atoms with Crippen molar-refractivity contribution in [1.82, 2.24) is 9.78 Å². The Labute approximate surface area is 81.2 Å². The van der Waals surface area contributed by atoms with Gasteiger partial charge in [-0.1, -0.05) is 6.07 Å². The van der Waals surface area contributed by atoms with Crippen LogP contribution in [0.2, 0.25) is 0 Å². The highest BCUT2D eigenvalue weighted by molar-refractivity contribution is 5.45. The molecule has 0 aliphatic rings. The summed E-state index contributed by atoms with van der Waals surface area (Å²) >= 11 is 0. The molecule has 0 aliphatic heterocycles. The van der Waals surface area contributed by atoms with Gasteiger partial charge in [0.05, 0.1) is 23.5 Å². The molecule has 14 heavy (non-hydrogen) atoms. The molecular weight excluding hydrogens is 176 g/mol. The number of nitrogen functional groups attached to an aromatic ring is 1. The van der Waals surface area contributed by atoms with Crippen LogP contribution in [0, 0.1) is 11.3 Å². The van der Waals surface area contributed by atoms with Gasteiger partial charge in [-0.2, -0.15) is 10.4 Å². The van der Waals surface area contributed by atoms with Crippen LogP contribution in [0.4, 0.5) is 5.82 Å². The van der Waals surface area contributed by atoms with E-state index >= 15 is 0 Å². The van der Waals surface area contributed by atoms with E-state index in [-0.39, 0.29) is 0 Å². The molecule has 4 nitrogen and oxygen atoms in total. The molecule has 4 heteroatoms. The van der Waals surface area contributed by atoms with Gasteiger partial charge >= 0.3 is 0 Å². The lowest BCUT2D eigenvalue weighted by Crippen LogP contribution is -2.01. The lowest BCUT2D eigenvalue weighted by atomic mass is 10.2. The maximum Gasteiger partial charge on any atom is 0.127 e. The van der Waals surface area contributed by atoms with Gasteiger partial charge in [0.1, 0.15) is 5.82 Å². The number of nitriles is 1. The predicted octanol–water partition coefficient (Wildman–Crippen LogP) is 1.33. The highest BCUT2D eigenvalue weighted by Gasteiger charge is 2.01. The zero-order valence-electron chi connectivity index (χ0n) is 7.38. The molecular formula is C10H8N4. The van der Waals surface area contributed by atoms with Crippen molar-refractivity contribution in [3.05, 3.63) is 42.1 Å². The lowest BCUT2D eigenvalue weighted by molar-refractivity contribution is 0.891. The van der Waals surface area contributed by atoms with Crippen LogP contribution in [0.5, 0.6) is 0 Å². The van der Waals surface area contributed by atoms with Crippen LogP contribution in [0.1, 0.15) is 5.56 Å². The van der Waals surface area contributed by atoms with Crippen LogP contribution in [0.25, 0.3) is 5.69 Å². The van der Waals surface area contributed by atoms with E-state index in [4.69, 9.17) is 11.0 Å². The molecule has 0 radical (unpaired) electrons. The van der Waals surface area contributed by atoms with Crippen molar-refractivity contribution >= 4 is 5.82 Å². The molecule has 1 aromatic heterocycles. The number of aromatic nitrogens is 2. The van der Waals surface area contributed by atoms with Crippen LogP contribution < -0.4 is 5.73 Å². The van der Waals surface area contributed by atoms with E-state index in [1.807, 2.05) is 6.07 Å². The summed E-state index contributed by atoms with van der Waals surface area (Å²) in [5, 5.41) is 12.8. The zero-order chi connectivity index (χ0) is 9.97. The highest BCUT2D eigenvalue weighted by atomic mass is 15.3. The molecule has 0 saturated carbocycles. The molecule has 1 aromatic carbocycles. The van der Waals surface area contributed by atoms with E-state index in [0.29, 0.717) is 11.4 Å². The van der Waals surface area contributed by atoms with Gasteiger partial charge in [0, 0.05) is 6.07 Å². The summed E-state index contributed by atoms with van der Waals surface area (Å²) in [7, 11) is 0. The number of anilines is 1. The Morgan fingerprint density at radius 3 is 2.86 bits per heavy atom. The molecule has 0 aliphatic carbocycles. The third-order valence-corrected chi connectivity index (χ3v) is 1.89. The van der Waals surface area contributed by atoms with Gasteiger partial charge in [-0.3, -0.25) is 0 Å². The average Bonchev–Trinajstić information content (AvgIpc) is 2.65. The third-order valence-electron chi connectivity index (χ3n) is 1.89. The van der Waals surface area contributed by atoms with Gasteiger partial charge in [-0.25, -0.2) is 4.68 Å². The molecule has 1 heterocycles. The maximum absolute atomic E-state index is 8.72. The molecule has 0 amide bonds. The van der Waals surface area contributed by atoms with E-state index in [1.54, 1.807) is 35.1 Å². The van der Waals surface area contributed by atoms with Crippen LogP contribution in [0.3, 0.4) is 0 Å². The predicted molar refractivity (Wildman–Crippen MR) is 52.7 cm³/mol. The first-order chi connectivity index (χ1) is 6.81. The quantitative estimate of drug-likeness (QED) is 0.726. The normalized spacial score (nSPS) is 9.64. The van der Waals surface area contributed by atoms with E-state index < -0.39 is 0 Å². The number of hydrogen-bond donors (Lipinski definition) is 1. The molecule has 68 valence electrons. The molecule has 0 unspecified atom stereocenters. The van der Waals surface area contributed by atoms with E-state index in [0.717, 1.165) is 5.69 Å². The maximum atomic E-state index is 8.72. The monoisotopic (exact) mass is 184 g/mol. The fourth-order valence-corrected chi connectivity index (χ4v) is 1.24. The summed E-state index contributed by atoms with van der Waals surface area (Å²) < 4.78 is 1.58. The van der Waals surface area contributed by atoms with Crippen molar-refractivity contribution < 1.29 is 0 Å². The zero-order valence-corrected chi connectivity index (χ0v) is 7.38. The number of nitrogens with zero attached hydrogens (tertiary/aromatic N) is 3. The van der Waals surface area contributed by atoms with Gasteiger partial charge < -0.3 is 5.73 Å². The largest absolute Gasteiger partial charge is 0.384 e. The fraction of sp³-hybridized carbons (Fsp3) is 0. The number of hydrogen-bond acceptors (Lipinski definition) is 3. The SMILES string of the molecule is N#Cc1cccc(-n2nccc2N)c1. The molecule has 0 saturated heterocycles. The second kappa shape index (κ2) is 3.23. The number of nitrogens with two attached hydrogens (primary N) is 1. The number of benzene rings is 1. The molecule has 0 atom stereocenters. The first-order valence-corrected chi connectivity index (χ1v) is 4.11. The Balaban J connectivity index is 2.53. The smallest absolute Gasteiger partial charge is 0.127 e. The molecule has 0 fully saturated rings. The Morgan fingerprint density at radius 1 is 1.36 bits per heavy atom. The van der Waals surface area contributed by atoms with Gasteiger partial charge in [-0.15, -0.1) is 0 Å². The Hall–Kier alpha value is -2.28. The first kappa shape index (κ1) is 8.32. The lowest BCUT2D eigenvalue weighted by Gasteiger charge is -2.03. The van der Waals surface area contributed by atoms with Crippen LogP contribution >= 0.6 is 0 Å². The molecule has 2 aromatic rings. The molecule has 0 spiro atoms. The van der Waals surface area contributed by atoms with Gasteiger partial charge in [0.2, 0.25) is 0 Å². The summed E-state index contributed by atoms with van der Waals surface area (Å²) in [4.78, 5) is 0. The average molecular weight is 184 g/mol. The fourth-order valence-electron chi connectivity index (χ4n) is 1.24. The van der Waals surface area contributed by atoms with Gasteiger partial charge in [-0.05, 0) is 18.2 Å².